The molecule has 0 radical (unpaired) electrons. The maximum Gasteiger partial charge on any atom is 0.401 e. The van der Waals surface area contributed by atoms with Crippen LogP contribution in [0.2, 0.25) is 5.02 Å². The zero-order valence-corrected chi connectivity index (χ0v) is 12.3. The largest absolute Gasteiger partial charge is 0.401 e. The number of nitrogens with one attached hydrogen (secondary N) is 1. The molecule has 1 rings (SSSR count). The van der Waals surface area contributed by atoms with E-state index in [-0.39, 0.29) is 18.9 Å². The minimum Gasteiger partial charge on any atom is -0.397 e. The predicted octanol–water partition coefficient (Wildman–Crippen LogP) is 3.14. The van der Waals surface area contributed by atoms with Crippen molar-refractivity contribution in [2.75, 3.05) is 31.2 Å². The molecule has 0 saturated carbocycles. The minimum absolute atomic E-state index is 0.130. The fraction of sp³-hybridized carbons (Fsp3) is 0.462. The number of alkyl halides is 3. The molecule has 21 heavy (non-hydrogen) atoms. The second-order valence-corrected chi connectivity index (χ2v) is 5.15. The zero-order valence-electron chi connectivity index (χ0n) is 11.5. The van der Waals surface area contributed by atoms with Gasteiger partial charge in [0.05, 0.1) is 17.3 Å². The number of benzene rings is 1. The van der Waals surface area contributed by atoms with Gasteiger partial charge in [-0.15, -0.1) is 0 Å². The van der Waals surface area contributed by atoms with E-state index >= 15 is 0 Å². The number of halogens is 4. The van der Waals surface area contributed by atoms with Crippen LogP contribution in [0.25, 0.3) is 0 Å². The van der Waals surface area contributed by atoms with Crippen molar-refractivity contribution < 1.29 is 18.0 Å². The van der Waals surface area contributed by atoms with Crippen molar-refractivity contribution in [1.29, 1.82) is 0 Å². The molecule has 0 spiro atoms. The highest BCUT2D eigenvalue weighted by atomic mass is 35.5. The Bertz CT molecular complexity index is 494. The Morgan fingerprint density at radius 1 is 1.43 bits per heavy atom. The smallest absolute Gasteiger partial charge is 0.397 e. The molecular formula is C13H17ClF3N3O. The summed E-state index contributed by atoms with van der Waals surface area (Å²) in [6, 6.07) is 4.69. The Hall–Kier alpha value is -1.47. The Morgan fingerprint density at radius 2 is 2.10 bits per heavy atom. The average Bonchev–Trinajstić information content (AvgIpc) is 2.31. The lowest BCUT2D eigenvalue weighted by atomic mass is 10.2. The molecule has 1 aromatic rings. The number of hydrogen-bond acceptors (Lipinski definition) is 3. The third-order valence-corrected chi connectivity index (χ3v) is 3.02. The highest BCUT2D eigenvalue weighted by molar-refractivity contribution is 6.33. The molecule has 0 bridgehead atoms. The third-order valence-electron chi connectivity index (χ3n) is 2.67. The summed E-state index contributed by atoms with van der Waals surface area (Å²) in [5.74, 6) is -0.280. The van der Waals surface area contributed by atoms with Gasteiger partial charge in [-0.3, -0.25) is 9.69 Å². The van der Waals surface area contributed by atoms with E-state index in [1.54, 1.807) is 12.1 Å². The van der Waals surface area contributed by atoms with E-state index in [4.69, 9.17) is 17.3 Å². The summed E-state index contributed by atoms with van der Waals surface area (Å²) >= 11 is 5.75. The standard InChI is InChI=1S/C13H17ClF3N3O/c1-20(8-13(15,16)17)6-2-3-12(21)19-9-4-5-10(14)11(18)7-9/h4-5,7H,2-3,6,8,18H2,1H3,(H,19,21). The highest BCUT2D eigenvalue weighted by Gasteiger charge is 2.28. The summed E-state index contributed by atoms with van der Waals surface area (Å²) in [4.78, 5) is 12.8. The van der Waals surface area contributed by atoms with E-state index in [1.807, 2.05) is 0 Å². The molecule has 1 aromatic carbocycles. The molecule has 118 valence electrons. The number of nitrogens with two attached hydrogens (primary N) is 1. The van der Waals surface area contributed by atoms with Crippen molar-refractivity contribution in [2.45, 2.75) is 19.0 Å². The van der Waals surface area contributed by atoms with Crippen LogP contribution in [0.3, 0.4) is 0 Å². The minimum atomic E-state index is -4.22. The summed E-state index contributed by atoms with van der Waals surface area (Å²) in [5.41, 5.74) is 6.45. The summed E-state index contributed by atoms with van der Waals surface area (Å²) in [5, 5.41) is 3.00. The fourth-order valence-corrected chi connectivity index (χ4v) is 1.86. The second-order valence-electron chi connectivity index (χ2n) is 4.74. The van der Waals surface area contributed by atoms with Crippen molar-refractivity contribution in [1.82, 2.24) is 4.90 Å². The van der Waals surface area contributed by atoms with Crippen LogP contribution in [0.4, 0.5) is 24.5 Å². The average molecular weight is 324 g/mol. The number of rotatable bonds is 6. The van der Waals surface area contributed by atoms with Gasteiger partial charge in [0.2, 0.25) is 5.91 Å². The van der Waals surface area contributed by atoms with Gasteiger partial charge in [0.15, 0.2) is 0 Å². The molecule has 0 saturated heterocycles. The number of carbonyl (C=O) groups is 1. The van der Waals surface area contributed by atoms with Crippen LogP contribution in [0, 0.1) is 0 Å². The lowest BCUT2D eigenvalue weighted by molar-refractivity contribution is -0.143. The van der Waals surface area contributed by atoms with Crippen molar-refractivity contribution in [3.8, 4) is 0 Å². The Morgan fingerprint density at radius 3 is 2.67 bits per heavy atom. The first-order valence-electron chi connectivity index (χ1n) is 6.27. The number of carbonyl (C=O) groups excluding carboxylic acids is 1. The van der Waals surface area contributed by atoms with E-state index in [2.05, 4.69) is 5.32 Å². The van der Waals surface area contributed by atoms with Gasteiger partial charge in [-0.1, -0.05) is 11.6 Å². The van der Waals surface area contributed by atoms with Gasteiger partial charge in [0, 0.05) is 12.1 Å². The fourth-order valence-electron chi connectivity index (χ4n) is 1.74. The first kappa shape index (κ1) is 17.6. The van der Waals surface area contributed by atoms with Crippen LogP contribution in [0.1, 0.15) is 12.8 Å². The van der Waals surface area contributed by atoms with Crippen LogP contribution in [0.15, 0.2) is 18.2 Å². The highest BCUT2D eigenvalue weighted by Crippen LogP contribution is 2.22. The van der Waals surface area contributed by atoms with Gasteiger partial charge < -0.3 is 11.1 Å². The monoisotopic (exact) mass is 323 g/mol. The Labute approximate surface area is 126 Å². The van der Waals surface area contributed by atoms with Crippen LogP contribution >= 0.6 is 11.6 Å². The summed E-state index contributed by atoms with van der Waals surface area (Å²) in [6.45, 7) is -0.794. The van der Waals surface area contributed by atoms with Gasteiger partial charge in [-0.2, -0.15) is 13.2 Å². The van der Waals surface area contributed by atoms with Gasteiger partial charge in [-0.25, -0.2) is 0 Å². The molecular weight excluding hydrogens is 307 g/mol. The second kappa shape index (κ2) is 7.51. The van der Waals surface area contributed by atoms with Gasteiger partial charge in [0.25, 0.3) is 0 Å². The summed E-state index contributed by atoms with van der Waals surface area (Å²) in [6.07, 6.45) is -3.76. The molecule has 1 amide bonds. The predicted molar refractivity (Wildman–Crippen MR) is 77.3 cm³/mol. The maximum absolute atomic E-state index is 12.1. The number of amides is 1. The van der Waals surface area contributed by atoms with Crippen molar-refractivity contribution in [3.05, 3.63) is 23.2 Å². The first-order valence-corrected chi connectivity index (χ1v) is 6.65. The SMILES string of the molecule is CN(CCCC(=O)Nc1ccc(Cl)c(N)c1)CC(F)(F)F. The van der Waals surface area contributed by atoms with Crippen LogP contribution < -0.4 is 11.1 Å². The molecule has 4 nitrogen and oxygen atoms in total. The molecule has 3 N–H and O–H groups in total. The molecule has 0 aliphatic carbocycles. The molecule has 0 aromatic heterocycles. The molecule has 8 heteroatoms. The van der Waals surface area contributed by atoms with Gasteiger partial charge in [0.1, 0.15) is 0 Å². The number of nitrogen functional groups attached to an aromatic ring is 1. The molecule has 0 aliphatic heterocycles. The molecule has 0 fully saturated rings. The van der Waals surface area contributed by atoms with Crippen molar-refractivity contribution in [2.24, 2.45) is 0 Å². The quantitative estimate of drug-likeness (QED) is 0.791. The summed E-state index contributed by atoms with van der Waals surface area (Å²) in [7, 11) is 1.37. The van der Waals surface area contributed by atoms with E-state index in [1.165, 1.54) is 13.1 Å². The van der Waals surface area contributed by atoms with Crippen LogP contribution in [0.5, 0.6) is 0 Å². The van der Waals surface area contributed by atoms with Crippen molar-refractivity contribution in [3.63, 3.8) is 0 Å². The number of anilines is 2. The topological polar surface area (TPSA) is 58.4 Å². The normalized spacial score (nSPS) is 11.7. The van der Waals surface area contributed by atoms with Crippen molar-refractivity contribution >= 4 is 28.9 Å². The molecule has 0 aliphatic rings. The molecule has 0 atom stereocenters. The molecule has 0 unspecified atom stereocenters. The van der Waals surface area contributed by atoms with Crippen LogP contribution in [-0.2, 0) is 4.79 Å². The Balaban J connectivity index is 2.33. The third kappa shape index (κ3) is 7.19. The van der Waals surface area contributed by atoms with Gasteiger partial charge >= 0.3 is 6.18 Å². The number of hydrogen-bond donors (Lipinski definition) is 2. The lowest BCUT2D eigenvalue weighted by Gasteiger charge is -2.18. The van der Waals surface area contributed by atoms with E-state index < -0.39 is 12.7 Å². The summed E-state index contributed by atoms with van der Waals surface area (Å²) < 4.78 is 36.3. The number of nitrogens with zero attached hydrogens (tertiary/aromatic N) is 1. The Kier molecular flexibility index (Phi) is 6.29. The van der Waals surface area contributed by atoms with Gasteiger partial charge in [-0.05, 0) is 38.2 Å². The zero-order chi connectivity index (χ0) is 16.0. The van der Waals surface area contributed by atoms with Crippen LogP contribution in [-0.4, -0.2) is 37.1 Å². The van der Waals surface area contributed by atoms with E-state index in [0.717, 1.165) is 4.90 Å². The molecule has 0 heterocycles. The van der Waals surface area contributed by atoms with E-state index in [9.17, 15) is 18.0 Å². The first-order chi connectivity index (χ1) is 9.67. The maximum atomic E-state index is 12.1. The van der Waals surface area contributed by atoms with E-state index in [0.29, 0.717) is 22.8 Å². The lowest BCUT2D eigenvalue weighted by Crippen LogP contribution is -2.32.